The second-order valence-corrected chi connectivity index (χ2v) is 22.0. The number of phenols is 2. The van der Waals surface area contributed by atoms with E-state index in [0.29, 0.717) is 11.5 Å². The van der Waals surface area contributed by atoms with E-state index >= 15 is 0 Å². The lowest BCUT2D eigenvalue weighted by Gasteiger charge is -2.34. The number of phenolic OH excluding ortho intramolecular Hbond substituents is 2. The summed E-state index contributed by atoms with van der Waals surface area (Å²) < 4.78 is 19.6. The smallest absolute Gasteiger partial charge is 0.508 e. The van der Waals surface area contributed by atoms with Crippen LogP contribution in [0.15, 0.2) is 78.9 Å². The Labute approximate surface area is 361 Å². The Morgan fingerprint density at radius 1 is 0.467 bits per heavy atom. The summed E-state index contributed by atoms with van der Waals surface area (Å²) in [5, 5.41) is 21.9. The third kappa shape index (κ3) is 6.43. The van der Waals surface area contributed by atoms with E-state index in [4.69, 9.17) is 13.6 Å². The van der Waals surface area contributed by atoms with Crippen LogP contribution in [0.4, 0.5) is 0 Å². The van der Waals surface area contributed by atoms with Crippen molar-refractivity contribution in [3.8, 4) is 28.7 Å². The molecule has 0 bridgehead atoms. The molecule has 0 aromatic heterocycles. The van der Waals surface area contributed by atoms with E-state index in [1.807, 2.05) is 56.3 Å². The molecule has 0 atom stereocenters. The van der Waals surface area contributed by atoms with E-state index in [0.717, 1.165) is 65.2 Å². The topological polar surface area (TPSA) is 68.2 Å². The lowest BCUT2D eigenvalue weighted by molar-refractivity contribution is 0.327. The fourth-order valence-electron chi connectivity index (χ4n) is 12.6. The molecule has 5 aromatic carbocycles. The van der Waals surface area contributed by atoms with Crippen molar-refractivity contribution in [2.24, 2.45) is 0 Å². The molecule has 6 heteroatoms. The second kappa shape index (κ2) is 14.0. The van der Waals surface area contributed by atoms with E-state index in [-0.39, 0.29) is 47.3 Å². The molecule has 0 radical (unpaired) electrons. The summed E-state index contributed by atoms with van der Waals surface area (Å²) in [7, 11) is -1.66. The first-order chi connectivity index (χ1) is 27.1. The summed E-state index contributed by atoms with van der Waals surface area (Å²) in [6, 6.07) is 27.1. The molecule has 60 heavy (non-hydrogen) atoms. The van der Waals surface area contributed by atoms with E-state index in [2.05, 4.69) is 106 Å². The zero-order valence-corrected chi connectivity index (χ0v) is 37.3. The summed E-state index contributed by atoms with van der Waals surface area (Å²) >= 11 is 0. The van der Waals surface area contributed by atoms with Gasteiger partial charge in [0.2, 0.25) is 0 Å². The largest absolute Gasteiger partial charge is 0.530 e. The second-order valence-electron chi connectivity index (χ2n) is 21.0. The molecule has 1 heterocycles. The molecule has 1 aliphatic heterocycles. The van der Waals surface area contributed by atoms with Crippen molar-refractivity contribution in [2.75, 3.05) is 0 Å². The molecule has 0 saturated heterocycles. The normalized spacial score (nSPS) is 20.3. The summed E-state index contributed by atoms with van der Waals surface area (Å²) in [5.41, 5.74) is 14.3. The summed E-state index contributed by atoms with van der Waals surface area (Å²) in [6.07, 6.45) is 3.95. The van der Waals surface area contributed by atoms with Crippen LogP contribution < -0.4 is 13.6 Å². The van der Waals surface area contributed by atoms with Crippen LogP contribution in [-0.4, -0.2) is 10.2 Å². The number of hydrogen-bond donors (Lipinski definition) is 2. The predicted molar refractivity (Wildman–Crippen MR) is 249 cm³/mol. The van der Waals surface area contributed by atoms with Gasteiger partial charge in [0.25, 0.3) is 0 Å². The molecule has 5 nitrogen and oxygen atoms in total. The summed E-state index contributed by atoms with van der Waals surface area (Å²) in [4.78, 5) is 0. The maximum atomic E-state index is 10.9. The van der Waals surface area contributed by atoms with Crippen LogP contribution in [0.2, 0.25) is 0 Å². The van der Waals surface area contributed by atoms with Crippen molar-refractivity contribution in [3.63, 3.8) is 0 Å². The zero-order chi connectivity index (χ0) is 41.5. The Kier molecular flexibility index (Phi) is 10.2. The minimum Gasteiger partial charge on any atom is -0.508 e. The highest BCUT2D eigenvalue weighted by atomic mass is 31.2. The standard InChI is InChI=1S/C29H31O3P.C23H28O2.2CH4/c1-18-12-21-25-23(14-18)31-33(30-20-10-8-7-9-11-20)32-24-15-19(2)13-22-26(24)29(25,16-27(21,3)4)17-28(22,5)6;1-13-7-15-19(17(24)9-13)23(11-21(15,3)4)12-22(5,6)16-8-14(2)10-18(25)20(16)23;;/h7-15H,16-17H2,1-6H3;7-10,24-25H,11-12H2,1-6H3;2*1H4. The van der Waals surface area contributed by atoms with Gasteiger partial charge in [0, 0.05) is 33.1 Å². The molecular formula is C54H67O5P. The van der Waals surface area contributed by atoms with Gasteiger partial charge in [-0.25, -0.2) is 0 Å². The van der Waals surface area contributed by atoms with Crippen LogP contribution in [0.25, 0.3) is 0 Å². The average molecular weight is 827 g/mol. The maximum Gasteiger partial charge on any atom is 0.530 e. The number of aryl methyl sites for hydroxylation is 4. The summed E-state index contributed by atoms with van der Waals surface area (Å²) in [5.74, 6) is 3.36. The third-order valence-corrected chi connectivity index (χ3v) is 15.1. The molecule has 0 saturated carbocycles. The van der Waals surface area contributed by atoms with Gasteiger partial charge in [-0.05, 0) is 156 Å². The minimum atomic E-state index is -1.66. The van der Waals surface area contributed by atoms with E-state index < -0.39 is 8.60 Å². The third-order valence-electron chi connectivity index (χ3n) is 14.1. The number of para-hydroxylation sites is 1. The highest BCUT2D eigenvalue weighted by Gasteiger charge is 2.61. The molecule has 2 N–H and O–H groups in total. The fraction of sp³-hybridized carbons (Fsp3) is 0.444. The Bertz CT molecular complexity index is 2370. The van der Waals surface area contributed by atoms with Crippen LogP contribution in [0.1, 0.15) is 163 Å². The lowest BCUT2D eigenvalue weighted by Crippen LogP contribution is -2.28. The van der Waals surface area contributed by atoms with Gasteiger partial charge in [-0.3, -0.25) is 0 Å². The van der Waals surface area contributed by atoms with Crippen LogP contribution in [-0.2, 0) is 32.5 Å². The number of benzene rings is 5. The lowest BCUT2D eigenvalue weighted by atomic mass is 9.72. The van der Waals surface area contributed by atoms with Gasteiger partial charge < -0.3 is 23.8 Å². The van der Waals surface area contributed by atoms with Gasteiger partial charge in [-0.1, -0.05) is 113 Å². The zero-order valence-electron chi connectivity index (χ0n) is 36.4. The quantitative estimate of drug-likeness (QED) is 0.174. The van der Waals surface area contributed by atoms with Crippen molar-refractivity contribution in [1.82, 2.24) is 0 Å². The van der Waals surface area contributed by atoms with Gasteiger partial charge in [0.1, 0.15) is 28.7 Å². The van der Waals surface area contributed by atoms with E-state index in [9.17, 15) is 10.2 Å². The number of rotatable bonds is 2. The average Bonchev–Trinajstić information content (AvgIpc) is 3.64. The van der Waals surface area contributed by atoms with Crippen LogP contribution in [0, 0.1) is 27.7 Å². The van der Waals surface area contributed by atoms with Gasteiger partial charge in [0.15, 0.2) is 0 Å². The Hall–Kier alpha value is -4.47. The molecule has 0 unspecified atom stereocenters. The minimum absolute atomic E-state index is 0. The van der Waals surface area contributed by atoms with Crippen LogP contribution in [0.3, 0.4) is 0 Å². The molecule has 10 rings (SSSR count). The van der Waals surface area contributed by atoms with Gasteiger partial charge in [0.05, 0.1) is 0 Å². The van der Waals surface area contributed by atoms with Crippen molar-refractivity contribution in [3.05, 3.63) is 146 Å². The highest BCUT2D eigenvalue weighted by Crippen LogP contribution is 2.69. The van der Waals surface area contributed by atoms with Gasteiger partial charge in [-0.2, -0.15) is 0 Å². The SMILES string of the molecule is C.C.Cc1cc(O)c2c(c1)C(C)(C)CC21CC(C)(C)c2cc(C)cc(O)c21.Cc1cc2c3c(c1)C(C)(C)CC31CC(C)(C)c3cc(C)cc(c31)OP(Oc1ccccc1)O2. The molecule has 0 amide bonds. The van der Waals surface area contributed by atoms with Crippen molar-refractivity contribution in [1.29, 1.82) is 0 Å². The van der Waals surface area contributed by atoms with Gasteiger partial charge >= 0.3 is 8.60 Å². The van der Waals surface area contributed by atoms with E-state index in [1.165, 1.54) is 44.5 Å². The van der Waals surface area contributed by atoms with Crippen molar-refractivity contribution < 1.29 is 23.8 Å². The number of aromatic hydroxyl groups is 2. The van der Waals surface area contributed by atoms with Crippen LogP contribution >= 0.6 is 8.60 Å². The molecule has 318 valence electrons. The number of fused-ring (bicyclic) bond motifs is 4. The summed E-state index contributed by atoms with van der Waals surface area (Å²) in [6.45, 7) is 26.9. The van der Waals surface area contributed by atoms with Crippen molar-refractivity contribution >= 4 is 8.60 Å². The molecule has 0 fully saturated rings. The monoisotopic (exact) mass is 826 g/mol. The number of hydrogen-bond acceptors (Lipinski definition) is 5. The Morgan fingerprint density at radius 2 is 0.783 bits per heavy atom. The Balaban J connectivity index is 0.000000182. The molecule has 4 aliphatic carbocycles. The predicted octanol–water partition coefficient (Wildman–Crippen LogP) is 14.7. The van der Waals surface area contributed by atoms with Crippen molar-refractivity contribution in [2.45, 2.75) is 156 Å². The van der Waals surface area contributed by atoms with E-state index in [1.54, 1.807) is 0 Å². The Morgan fingerprint density at radius 3 is 1.15 bits per heavy atom. The first kappa shape index (κ1) is 43.6. The molecule has 5 aromatic rings. The first-order valence-corrected chi connectivity index (χ1v) is 22.1. The maximum absolute atomic E-state index is 10.9. The van der Waals surface area contributed by atoms with Crippen LogP contribution in [0.5, 0.6) is 28.7 Å². The molecule has 2 spiro atoms. The fourth-order valence-corrected chi connectivity index (χ4v) is 13.6. The highest BCUT2D eigenvalue weighted by molar-refractivity contribution is 7.43. The molecule has 5 aliphatic rings. The molecular weight excluding hydrogens is 760 g/mol. The van der Waals surface area contributed by atoms with Gasteiger partial charge in [-0.15, -0.1) is 0 Å². The first-order valence-electron chi connectivity index (χ1n) is 21.0.